The zero-order valence-corrected chi connectivity index (χ0v) is 9.05. The molecule has 0 aromatic rings. The van der Waals surface area contributed by atoms with E-state index in [-0.39, 0.29) is 11.6 Å². The van der Waals surface area contributed by atoms with Gasteiger partial charge >= 0.3 is 5.97 Å². The third-order valence-corrected chi connectivity index (χ3v) is 1.28. The van der Waals surface area contributed by atoms with E-state index in [9.17, 15) is 4.79 Å². The van der Waals surface area contributed by atoms with Crippen LogP contribution in [0.15, 0.2) is 0 Å². The van der Waals surface area contributed by atoms with Crippen LogP contribution in [0.25, 0.3) is 0 Å². The molecule has 1 rings (SSSR count). The molecule has 0 aliphatic carbocycles. The molecule has 0 aromatic carbocycles. The topological polar surface area (TPSA) is 35.5 Å². The molecular weight excluding hydrogens is 168 g/mol. The maximum absolute atomic E-state index is 10.2. The molecule has 0 atom stereocenters. The van der Waals surface area contributed by atoms with Crippen molar-refractivity contribution in [2.24, 2.45) is 0 Å². The third kappa shape index (κ3) is 11.4. The molecule has 3 nitrogen and oxygen atoms in total. The van der Waals surface area contributed by atoms with E-state index in [1.807, 2.05) is 20.8 Å². The van der Waals surface area contributed by atoms with Crippen LogP contribution in [0.4, 0.5) is 0 Å². The number of esters is 1. The van der Waals surface area contributed by atoms with E-state index in [0.29, 0.717) is 0 Å². The minimum Gasteiger partial charge on any atom is -0.460 e. The Balaban J connectivity index is 0.000000243. The van der Waals surface area contributed by atoms with E-state index in [1.54, 1.807) is 0 Å². The molecule has 1 aliphatic heterocycles. The van der Waals surface area contributed by atoms with Crippen LogP contribution in [0.1, 0.15) is 40.5 Å². The minimum atomic E-state index is -0.328. The molecule has 0 saturated carbocycles. The van der Waals surface area contributed by atoms with Crippen molar-refractivity contribution < 1.29 is 14.3 Å². The van der Waals surface area contributed by atoms with Crippen LogP contribution in [0.5, 0.6) is 0 Å². The fraction of sp³-hybridized carbons (Fsp3) is 0.900. The highest BCUT2D eigenvalue weighted by molar-refractivity contribution is 5.66. The number of hydrogen-bond acceptors (Lipinski definition) is 3. The van der Waals surface area contributed by atoms with Gasteiger partial charge in [0, 0.05) is 20.1 Å². The van der Waals surface area contributed by atoms with Gasteiger partial charge in [-0.1, -0.05) is 0 Å². The van der Waals surface area contributed by atoms with Crippen molar-refractivity contribution in [3.63, 3.8) is 0 Å². The Morgan fingerprint density at radius 2 is 1.69 bits per heavy atom. The van der Waals surface area contributed by atoms with Gasteiger partial charge < -0.3 is 9.47 Å². The molecule has 13 heavy (non-hydrogen) atoms. The van der Waals surface area contributed by atoms with Crippen LogP contribution >= 0.6 is 0 Å². The first-order valence-corrected chi connectivity index (χ1v) is 4.69. The summed E-state index contributed by atoms with van der Waals surface area (Å²) in [5, 5.41) is 0. The Hall–Kier alpha value is -0.570. The van der Waals surface area contributed by atoms with Crippen LogP contribution in [0.3, 0.4) is 0 Å². The van der Waals surface area contributed by atoms with Crippen molar-refractivity contribution in [1.29, 1.82) is 0 Å². The second kappa shape index (κ2) is 5.97. The molecule has 0 bridgehead atoms. The summed E-state index contributed by atoms with van der Waals surface area (Å²) in [6.07, 6.45) is 2.56. The van der Waals surface area contributed by atoms with Gasteiger partial charge in [0.25, 0.3) is 0 Å². The van der Waals surface area contributed by atoms with Crippen molar-refractivity contribution in [2.45, 2.75) is 46.1 Å². The average Bonchev–Trinajstić information content (AvgIpc) is 2.33. The standard InChI is InChI=1S/C6H12O2.C4H8O/c1-5(7)8-6(2,3)4;1-2-4-5-3-1/h1-4H3;1-4H2. The van der Waals surface area contributed by atoms with Gasteiger partial charge in [0.2, 0.25) is 0 Å². The van der Waals surface area contributed by atoms with Gasteiger partial charge in [-0.05, 0) is 33.6 Å². The first-order valence-electron chi connectivity index (χ1n) is 4.69. The first kappa shape index (κ1) is 12.4. The molecule has 0 N–H and O–H groups in total. The monoisotopic (exact) mass is 188 g/mol. The zero-order valence-electron chi connectivity index (χ0n) is 9.05. The summed E-state index contributed by atoms with van der Waals surface area (Å²) in [5.41, 5.74) is -0.328. The highest BCUT2D eigenvalue weighted by atomic mass is 16.6. The molecule has 0 spiro atoms. The summed E-state index contributed by atoms with van der Waals surface area (Å²) in [6, 6.07) is 0. The molecule has 1 fully saturated rings. The lowest BCUT2D eigenvalue weighted by molar-refractivity contribution is -0.151. The summed E-state index contributed by atoms with van der Waals surface area (Å²) in [6.45, 7) is 8.93. The van der Waals surface area contributed by atoms with Gasteiger partial charge in [-0.15, -0.1) is 0 Å². The molecule has 0 radical (unpaired) electrons. The van der Waals surface area contributed by atoms with Crippen LogP contribution < -0.4 is 0 Å². The van der Waals surface area contributed by atoms with E-state index in [1.165, 1.54) is 19.8 Å². The van der Waals surface area contributed by atoms with Crippen molar-refractivity contribution in [1.82, 2.24) is 0 Å². The zero-order chi connectivity index (χ0) is 10.3. The Bertz CT molecular complexity index is 135. The fourth-order valence-electron chi connectivity index (χ4n) is 0.941. The van der Waals surface area contributed by atoms with Crippen LogP contribution in [-0.4, -0.2) is 24.8 Å². The number of rotatable bonds is 0. The number of hydrogen-bond donors (Lipinski definition) is 0. The van der Waals surface area contributed by atoms with Gasteiger partial charge in [0.05, 0.1) is 0 Å². The van der Waals surface area contributed by atoms with Crippen LogP contribution in [-0.2, 0) is 14.3 Å². The lowest BCUT2D eigenvalue weighted by atomic mass is 10.2. The molecule has 3 heteroatoms. The quantitative estimate of drug-likeness (QED) is 0.546. The normalized spacial score (nSPS) is 16.0. The second-order valence-electron chi connectivity index (χ2n) is 4.03. The van der Waals surface area contributed by atoms with Gasteiger partial charge in [-0.25, -0.2) is 0 Å². The smallest absolute Gasteiger partial charge is 0.303 e. The number of ether oxygens (including phenoxy) is 2. The Labute approximate surface area is 80.4 Å². The summed E-state index contributed by atoms with van der Waals surface area (Å²) in [7, 11) is 0. The van der Waals surface area contributed by atoms with E-state index < -0.39 is 0 Å². The lowest BCUT2D eigenvalue weighted by Gasteiger charge is -2.17. The molecule has 1 heterocycles. The number of carbonyl (C=O) groups excluding carboxylic acids is 1. The van der Waals surface area contributed by atoms with Gasteiger partial charge in [0.15, 0.2) is 0 Å². The predicted molar refractivity (Wildman–Crippen MR) is 51.6 cm³/mol. The molecular formula is C10H20O3. The van der Waals surface area contributed by atoms with Gasteiger partial charge in [-0.2, -0.15) is 0 Å². The first-order chi connectivity index (χ1) is 5.92. The van der Waals surface area contributed by atoms with E-state index in [0.717, 1.165) is 13.2 Å². The molecule has 0 aromatic heterocycles. The average molecular weight is 188 g/mol. The molecule has 1 saturated heterocycles. The Morgan fingerprint density at radius 3 is 1.77 bits per heavy atom. The fourth-order valence-corrected chi connectivity index (χ4v) is 0.941. The van der Waals surface area contributed by atoms with E-state index in [4.69, 9.17) is 9.47 Å². The van der Waals surface area contributed by atoms with Gasteiger partial charge in [-0.3, -0.25) is 4.79 Å². The Morgan fingerprint density at radius 1 is 1.23 bits per heavy atom. The summed E-state index contributed by atoms with van der Waals surface area (Å²) >= 11 is 0. The van der Waals surface area contributed by atoms with Crippen molar-refractivity contribution in [2.75, 3.05) is 13.2 Å². The molecule has 0 amide bonds. The summed E-state index contributed by atoms with van der Waals surface area (Å²) < 4.78 is 9.74. The maximum Gasteiger partial charge on any atom is 0.303 e. The van der Waals surface area contributed by atoms with Crippen molar-refractivity contribution in [3.8, 4) is 0 Å². The van der Waals surface area contributed by atoms with Crippen LogP contribution in [0, 0.1) is 0 Å². The third-order valence-electron chi connectivity index (χ3n) is 1.28. The van der Waals surface area contributed by atoms with E-state index in [2.05, 4.69) is 0 Å². The number of carbonyl (C=O) groups is 1. The van der Waals surface area contributed by atoms with E-state index >= 15 is 0 Å². The second-order valence-corrected chi connectivity index (χ2v) is 4.03. The summed E-state index contributed by atoms with van der Waals surface area (Å²) in [5.74, 6) is -0.225. The highest BCUT2D eigenvalue weighted by Crippen LogP contribution is 2.05. The molecule has 78 valence electrons. The lowest BCUT2D eigenvalue weighted by Crippen LogP contribution is -2.21. The SMILES string of the molecule is C1CCOC1.CC(=O)OC(C)(C)C. The van der Waals surface area contributed by atoms with Crippen molar-refractivity contribution >= 4 is 5.97 Å². The summed E-state index contributed by atoms with van der Waals surface area (Å²) in [4.78, 5) is 10.2. The Kier molecular flexibility index (Phi) is 5.71. The predicted octanol–water partition coefficient (Wildman–Crippen LogP) is 2.14. The van der Waals surface area contributed by atoms with Gasteiger partial charge in [0.1, 0.15) is 5.60 Å². The minimum absolute atomic E-state index is 0.225. The largest absolute Gasteiger partial charge is 0.460 e. The highest BCUT2D eigenvalue weighted by Gasteiger charge is 2.11. The van der Waals surface area contributed by atoms with Crippen molar-refractivity contribution in [3.05, 3.63) is 0 Å². The maximum atomic E-state index is 10.2. The molecule has 0 unspecified atom stereocenters. The molecule has 1 aliphatic rings. The van der Waals surface area contributed by atoms with Crippen LogP contribution in [0.2, 0.25) is 0 Å².